The maximum absolute atomic E-state index is 13.3. The number of thiazole rings is 1. The van der Waals surface area contributed by atoms with Crippen molar-refractivity contribution in [1.82, 2.24) is 4.98 Å². The Balaban J connectivity index is 1.73. The van der Waals surface area contributed by atoms with Gasteiger partial charge in [-0.2, -0.15) is 0 Å². The molecule has 4 aromatic rings. The molecule has 1 aliphatic rings. The quantitative estimate of drug-likeness (QED) is 0.123. The summed E-state index contributed by atoms with van der Waals surface area (Å²) in [5.74, 6) is -1.19. The van der Waals surface area contributed by atoms with Gasteiger partial charge in [0.15, 0.2) is 5.13 Å². The van der Waals surface area contributed by atoms with Crippen LogP contribution in [0.1, 0.15) is 28.7 Å². The second-order valence-corrected chi connectivity index (χ2v) is 9.40. The van der Waals surface area contributed by atoms with Crippen LogP contribution in [0.25, 0.3) is 16.0 Å². The molecule has 1 atom stereocenters. The summed E-state index contributed by atoms with van der Waals surface area (Å²) >= 11 is 7.09. The molecule has 1 N–H and O–H groups in total. The van der Waals surface area contributed by atoms with Crippen LogP contribution >= 0.6 is 22.9 Å². The predicted octanol–water partition coefficient (Wildman–Crippen LogP) is 5.69. The van der Waals surface area contributed by atoms with Crippen molar-refractivity contribution in [3.05, 3.63) is 91.9 Å². The highest BCUT2D eigenvalue weighted by Crippen LogP contribution is 2.45. The van der Waals surface area contributed by atoms with Crippen LogP contribution in [0.15, 0.2) is 58.5 Å². The number of benzene rings is 2. The van der Waals surface area contributed by atoms with Gasteiger partial charge in [-0.1, -0.05) is 35.1 Å². The highest BCUT2D eigenvalue weighted by atomic mass is 35.5. The molecule has 1 saturated heterocycles. The summed E-state index contributed by atoms with van der Waals surface area (Å²) in [6.07, 6.45) is 0. The second kappa shape index (κ2) is 8.33. The number of amides is 1. The van der Waals surface area contributed by atoms with Crippen molar-refractivity contribution in [2.45, 2.75) is 19.9 Å². The third-order valence-electron chi connectivity index (χ3n) is 5.70. The summed E-state index contributed by atoms with van der Waals surface area (Å²) in [6, 6.07) is 11.3. The number of hydrogen-bond acceptors (Lipinski definition) is 8. The highest BCUT2D eigenvalue weighted by Gasteiger charge is 2.48. The molecule has 2 aromatic heterocycles. The number of carbonyl (C=O) groups is 2. The number of hydrogen-bond donors (Lipinski definition) is 1. The van der Waals surface area contributed by atoms with Crippen molar-refractivity contribution in [1.29, 1.82) is 0 Å². The molecule has 2 aromatic carbocycles. The van der Waals surface area contributed by atoms with E-state index in [0.717, 1.165) is 11.3 Å². The second-order valence-electron chi connectivity index (χ2n) is 7.95. The Morgan fingerprint density at radius 3 is 2.51 bits per heavy atom. The van der Waals surface area contributed by atoms with E-state index in [0.29, 0.717) is 37.9 Å². The van der Waals surface area contributed by atoms with E-state index in [9.17, 15) is 24.8 Å². The fraction of sp³-hybridized carbons (Fsp3) is 0.125. The van der Waals surface area contributed by atoms with E-state index in [2.05, 4.69) is 4.98 Å². The van der Waals surface area contributed by atoms with E-state index in [4.69, 9.17) is 16.0 Å². The fourth-order valence-corrected chi connectivity index (χ4v) is 5.27. The monoisotopic (exact) mass is 509 g/mol. The van der Waals surface area contributed by atoms with Crippen LogP contribution in [-0.2, 0) is 9.59 Å². The van der Waals surface area contributed by atoms with Crippen molar-refractivity contribution in [3.8, 4) is 0 Å². The van der Waals surface area contributed by atoms with Gasteiger partial charge in [0.2, 0.25) is 0 Å². The molecule has 9 nitrogen and oxygen atoms in total. The summed E-state index contributed by atoms with van der Waals surface area (Å²) in [5.41, 5.74) is 1.03. The molecule has 1 fully saturated rings. The smallest absolute Gasteiger partial charge is 0.301 e. The standard InChI is InChI=1S/C24H16ClN3O6S/c1-11-9-16(12(2)34-11)21(29)19-20(13-3-5-14(25)6-4-13)27(23(31)22(19)30)24-26-17-8-7-15(28(32)33)10-18(17)35-24/h3-10,20,29H,1-2H3. The van der Waals surface area contributed by atoms with Crippen LogP contribution < -0.4 is 4.90 Å². The lowest BCUT2D eigenvalue weighted by Crippen LogP contribution is -2.29. The number of ketones is 1. The fourth-order valence-electron chi connectivity index (χ4n) is 4.12. The number of nitrogens with zero attached hydrogens (tertiary/aromatic N) is 3. The molecule has 0 radical (unpaired) electrons. The molecular formula is C24H16ClN3O6S. The summed E-state index contributed by atoms with van der Waals surface area (Å²) < 4.78 is 5.99. The predicted molar refractivity (Wildman–Crippen MR) is 131 cm³/mol. The zero-order valence-corrected chi connectivity index (χ0v) is 19.9. The number of nitro benzene ring substituents is 1. The number of aliphatic hydroxyl groups is 1. The Labute approximate surface area is 207 Å². The van der Waals surface area contributed by atoms with Gasteiger partial charge in [0, 0.05) is 17.2 Å². The van der Waals surface area contributed by atoms with E-state index in [1.165, 1.54) is 23.1 Å². The number of aliphatic hydroxyl groups excluding tert-OH is 1. The Kier molecular flexibility index (Phi) is 5.42. The van der Waals surface area contributed by atoms with Crippen LogP contribution in [0.2, 0.25) is 5.02 Å². The molecule has 0 bridgehead atoms. The lowest BCUT2D eigenvalue weighted by atomic mass is 9.95. The van der Waals surface area contributed by atoms with Crippen molar-refractivity contribution < 1.29 is 24.0 Å². The van der Waals surface area contributed by atoms with Crippen LogP contribution in [0.5, 0.6) is 0 Å². The molecule has 3 heterocycles. The first-order chi connectivity index (χ1) is 16.7. The van der Waals surface area contributed by atoms with Gasteiger partial charge >= 0.3 is 5.91 Å². The molecule has 11 heteroatoms. The Morgan fingerprint density at radius 1 is 1.17 bits per heavy atom. The number of fused-ring (bicyclic) bond motifs is 1. The minimum absolute atomic E-state index is 0.116. The third kappa shape index (κ3) is 3.76. The van der Waals surface area contributed by atoms with E-state index >= 15 is 0 Å². The molecule has 1 aliphatic heterocycles. The summed E-state index contributed by atoms with van der Waals surface area (Å²) in [5, 5.41) is 23.0. The number of carbonyl (C=O) groups excluding carboxylic acids is 2. The SMILES string of the molecule is Cc1cc(C(O)=C2C(=O)C(=O)N(c3nc4ccc([N+](=O)[O-])cc4s3)C2c2ccc(Cl)cc2)c(C)o1. The number of anilines is 1. The molecule has 35 heavy (non-hydrogen) atoms. The average molecular weight is 510 g/mol. The molecule has 5 rings (SSSR count). The van der Waals surface area contributed by atoms with Crippen LogP contribution in [0, 0.1) is 24.0 Å². The number of rotatable bonds is 4. The Bertz CT molecular complexity index is 1570. The van der Waals surface area contributed by atoms with Gasteiger partial charge in [0.25, 0.3) is 11.5 Å². The molecule has 176 valence electrons. The summed E-state index contributed by atoms with van der Waals surface area (Å²) in [6.45, 7) is 3.36. The van der Waals surface area contributed by atoms with E-state index in [1.54, 1.807) is 44.2 Å². The topological polar surface area (TPSA) is 127 Å². The first-order valence-electron chi connectivity index (χ1n) is 10.3. The zero-order chi connectivity index (χ0) is 25.0. The number of furan rings is 1. The van der Waals surface area contributed by atoms with Crippen molar-refractivity contribution in [2.24, 2.45) is 0 Å². The van der Waals surface area contributed by atoms with Crippen molar-refractivity contribution >= 4 is 61.4 Å². The molecule has 1 unspecified atom stereocenters. The highest BCUT2D eigenvalue weighted by molar-refractivity contribution is 7.22. The van der Waals surface area contributed by atoms with Crippen LogP contribution in [0.3, 0.4) is 0 Å². The molecule has 0 saturated carbocycles. The number of aromatic nitrogens is 1. The Hall–Kier alpha value is -4.02. The number of halogens is 1. The van der Waals surface area contributed by atoms with Gasteiger partial charge in [-0.05, 0) is 43.7 Å². The van der Waals surface area contributed by atoms with Crippen LogP contribution in [-0.4, -0.2) is 26.7 Å². The van der Waals surface area contributed by atoms with Gasteiger partial charge in [0.05, 0.1) is 32.3 Å². The van der Waals surface area contributed by atoms with Gasteiger partial charge in [0.1, 0.15) is 17.3 Å². The van der Waals surface area contributed by atoms with E-state index in [-0.39, 0.29) is 22.2 Å². The average Bonchev–Trinajstić information content (AvgIpc) is 3.46. The summed E-state index contributed by atoms with van der Waals surface area (Å²) in [4.78, 5) is 42.9. The summed E-state index contributed by atoms with van der Waals surface area (Å²) in [7, 11) is 0. The minimum Gasteiger partial charge on any atom is -0.507 e. The molecule has 0 aliphatic carbocycles. The van der Waals surface area contributed by atoms with Crippen molar-refractivity contribution in [3.63, 3.8) is 0 Å². The largest absolute Gasteiger partial charge is 0.507 e. The third-order valence-corrected chi connectivity index (χ3v) is 6.97. The van der Waals surface area contributed by atoms with Gasteiger partial charge in [-0.3, -0.25) is 24.6 Å². The number of non-ortho nitro benzene ring substituents is 1. The lowest BCUT2D eigenvalue weighted by Gasteiger charge is -2.22. The van der Waals surface area contributed by atoms with Crippen LogP contribution in [0.4, 0.5) is 10.8 Å². The van der Waals surface area contributed by atoms with E-state index in [1.807, 2.05) is 0 Å². The molecular weight excluding hydrogens is 494 g/mol. The van der Waals surface area contributed by atoms with Gasteiger partial charge in [-0.25, -0.2) is 4.98 Å². The number of Topliss-reactive ketones (excluding diaryl/α,β-unsaturated/α-hetero) is 1. The van der Waals surface area contributed by atoms with Gasteiger partial charge in [-0.15, -0.1) is 0 Å². The zero-order valence-electron chi connectivity index (χ0n) is 18.3. The van der Waals surface area contributed by atoms with Crippen molar-refractivity contribution in [2.75, 3.05) is 4.90 Å². The maximum Gasteiger partial charge on any atom is 0.301 e. The van der Waals surface area contributed by atoms with Gasteiger partial charge < -0.3 is 9.52 Å². The maximum atomic E-state index is 13.3. The number of aryl methyl sites for hydroxylation is 2. The molecule has 1 amide bonds. The normalized spacial score (nSPS) is 17.5. The molecule has 0 spiro atoms. The first kappa shape index (κ1) is 22.8. The number of nitro groups is 1. The first-order valence-corrected chi connectivity index (χ1v) is 11.5. The minimum atomic E-state index is -1.00. The lowest BCUT2D eigenvalue weighted by molar-refractivity contribution is -0.384. The van der Waals surface area contributed by atoms with E-state index < -0.39 is 22.7 Å². The Morgan fingerprint density at radius 2 is 1.89 bits per heavy atom.